The molecule has 0 N–H and O–H groups in total. The number of terminal acetylenes is 2. The summed E-state index contributed by atoms with van der Waals surface area (Å²) in [6.45, 7) is 0. The van der Waals surface area contributed by atoms with Gasteiger partial charge in [0.05, 0.1) is 0 Å². The van der Waals surface area contributed by atoms with Gasteiger partial charge in [-0.1, -0.05) is 47.7 Å². The second kappa shape index (κ2) is 8.08. The van der Waals surface area contributed by atoms with Crippen LogP contribution in [0.3, 0.4) is 0 Å². The quantitative estimate of drug-likeness (QED) is 0.572. The van der Waals surface area contributed by atoms with Crippen LogP contribution in [0, 0.1) is 48.4 Å². The van der Waals surface area contributed by atoms with Crippen molar-refractivity contribution in [1.82, 2.24) is 4.98 Å². The van der Waals surface area contributed by atoms with Gasteiger partial charge in [0.15, 0.2) is 0 Å². The number of rotatable bonds is 0. The van der Waals surface area contributed by atoms with Crippen LogP contribution < -0.4 is 0 Å². The molecule has 0 aliphatic carbocycles. The molecular weight excluding hydrogens is 314 g/mol. The summed E-state index contributed by atoms with van der Waals surface area (Å²) in [4.78, 5) is 4.21. The van der Waals surface area contributed by atoms with Crippen LogP contribution in [0.15, 0.2) is 67.0 Å². The molecule has 0 bridgehead atoms. The van der Waals surface area contributed by atoms with E-state index >= 15 is 0 Å². The van der Waals surface area contributed by atoms with E-state index in [0.717, 1.165) is 33.4 Å². The van der Waals surface area contributed by atoms with Gasteiger partial charge < -0.3 is 0 Å². The molecule has 0 unspecified atom stereocenters. The van der Waals surface area contributed by atoms with E-state index in [9.17, 15) is 0 Å². The zero-order valence-electron chi connectivity index (χ0n) is 14.0. The Hall–Kier alpha value is -4.17. The lowest BCUT2D eigenvalue weighted by molar-refractivity contribution is 1.30. The summed E-state index contributed by atoms with van der Waals surface area (Å²) < 4.78 is 0. The highest BCUT2D eigenvalue weighted by atomic mass is 14.6. The van der Waals surface area contributed by atoms with Gasteiger partial charge in [-0.15, -0.1) is 12.8 Å². The number of hydrogen-bond acceptors (Lipinski definition) is 1. The molecule has 2 aromatic carbocycles. The SMILES string of the molecule is C#Cc1cccc(C#Cc2cncc(C#Cc3cccc(C#C)c3)c2)c1. The van der Waals surface area contributed by atoms with Crippen LogP contribution in [-0.4, -0.2) is 4.98 Å². The van der Waals surface area contributed by atoms with Crippen molar-refractivity contribution in [1.29, 1.82) is 0 Å². The van der Waals surface area contributed by atoms with Crippen molar-refractivity contribution < 1.29 is 0 Å². The van der Waals surface area contributed by atoms with Gasteiger partial charge in [0.2, 0.25) is 0 Å². The maximum atomic E-state index is 5.41. The van der Waals surface area contributed by atoms with E-state index in [1.54, 1.807) is 12.4 Å². The van der Waals surface area contributed by atoms with Crippen LogP contribution in [0.4, 0.5) is 0 Å². The lowest BCUT2D eigenvalue weighted by Gasteiger charge is -1.94. The third kappa shape index (κ3) is 4.43. The van der Waals surface area contributed by atoms with E-state index in [1.165, 1.54) is 0 Å². The molecule has 0 fully saturated rings. The molecule has 26 heavy (non-hydrogen) atoms. The fourth-order valence-electron chi connectivity index (χ4n) is 2.24. The molecule has 1 heterocycles. The second-order valence-corrected chi connectivity index (χ2v) is 5.41. The van der Waals surface area contributed by atoms with E-state index in [4.69, 9.17) is 12.8 Å². The van der Waals surface area contributed by atoms with Gasteiger partial charge in [-0.05, 0) is 42.5 Å². The van der Waals surface area contributed by atoms with E-state index in [-0.39, 0.29) is 0 Å². The summed E-state index contributed by atoms with van der Waals surface area (Å²) in [5, 5.41) is 0. The van der Waals surface area contributed by atoms with E-state index in [0.29, 0.717) is 0 Å². The molecule has 0 saturated carbocycles. The van der Waals surface area contributed by atoms with E-state index in [1.807, 2.05) is 54.6 Å². The smallest absolute Gasteiger partial charge is 0.0444 e. The van der Waals surface area contributed by atoms with Gasteiger partial charge in [0.25, 0.3) is 0 Å². The van der Waals surface area contributed by atoms with Crippen molar-refractivity contribution in [2.45, 2.75) is 0 Å². The van der Waals surface area contributed by atoms with Crippen LogP contribution in [-0.2, 0) is 0 Å². The summed E-state index contributed by atoms with van der Waals surface area (Å²) in [6, 6.07) is 17.0. The summed E-state index contributed by atoms with van der Waals surface area (Å²) in [6.07, 6.45) is 14.2. The number of hydrogen-bond donors (Lipinski definition) is 0. The largest absolute Gasteiger partial charge is 0.262 e. The molecule has 3 aromatic rings. The first-order chi connectivity index (χ1) is 12.8. The van der Waals surface area contributed by atoms with Crippen LogP contribution in [0.25, 0.3) is 0 Å². The number of nitrogens with zero attached hydrogens (tertiary/aromatic N) is 1. The van der Waals surface area contributed by atoms with Crippen molar-refractivity contribution in [2.75, 3.05) is 0 Å². The molecule has 1 heteroatoms. The Balaban J connectivity index is 1.84. The van der Waals surface area contributed by atoms with Crippen molar-refractivity contribution >= 4 is 0 Å². The van der Waals surface area contributed by atoms with Gasteiger partial charge in [0.1, 0.15) is 0 Å². The lowest BCUT2D eigenvalue weighted by atomic mass is 10.1. The minimum atomic E-state index is 0.792. The van der Waals surface area contributed by atoms with Gasteiger partial charge in [-0.2, -0.15) is 0 Å². The predicted molar refractivity (Wildman–Crippen MR) is 105 cm³/mol. The molecule has 1 aromatic heterocycles. The van der Waals surface area contributed by atoms with Crippen molar-refractivity contribution in [3.05, 3.63) is 100 Å². The third-order valence-corrected chi connectivity index (χ3v) is 3.50. The molecule has 3 rings (SSSR count). The molecule has 0 amide bonds. The Morgan fingerprint density at radius 3 is 1.38 bits per heavy atom. The fraction of sp³-hybridized carbons (Fsp3) is 0. The Bertz CT molecular complexity index is 1070. The monoisotopic (exact) mass is 327 g/mol. The maximum Gasteiger partial charge on any atom is 0.0444 e. The van der Waals surface area contributed by atoms with Crippen LogP contribution in [0.1, 0.15) is 33.4 Å². The molecule has 0 spiro atoms. The standard InChI is InChI=1S/C25H13N/c1-3-20-7-5-9-22(15-20)11-13-24-17-25(19-26-18-24)14-12-23-10-6-8-21(4-2)16-23/h1-2,5-10,15-19H. The van der Waals surface area contributed by atoms with Gasteiger partial charge in [-0.3, -0.25) is 4.98 Å². The molecule has 0 saturated heterocycles. The number of pyridine rings is 1. The van der Waals surface area contributed by atoms with E-state index < -0.39 is 0 Å². The molecule has 0 aliphatic rings. The highest BCUT2D eigenvalue weighted by molar-refractivity contribution is 5.50. The topological polar surface area (TPSA) is 12.9 Å². The average molecular weight is 327 g/mol. The van der Waals surface area contributed by atoms with Crippen LogP contribution >= 0.6 is 0 Å². The van der Waals surface area contributed by atoms with Crippen molar-refractivity contribution in [2.24, 2.45) is 0 Å². The van der Waals surface area contributed by atoms with Crippen molar-refractivity contribution in [3.63, 3.8) is 0 Å². The van der Waals surface area contributed by atoms with E-state index in [2.05, 4.69) is 40.5 Å². The molecule has 1 nitrogen and oxygen atoms in total. The van der Waals surface area contributed by atoms with Crippen LogP contribution in [0.5, 0.6) is 0 Å². The Morgan fingerprint density at radius 2 is 0.923 bits per heavy atom. The van der Waals surface area contributed by atoms with Gasteiger partial charge >= 0.3 is 0 Å². The Kier molecular flexibility index (Phi) is 5.19. The summed E-state index contributed by atoms with van der Waals surface area (Å²) in [5.74, 6) is 17.6. The summed E-state index contributed by atoms with van der Waals surface area (Å²) in [7, 11) is 0. The first kappa shape index (κ1) is 16.7. The third-order valence-electron chi connectivity index (χ3n) is 3.50. The first-order valence-corrected chi connectivity index (χ1v) is 7.89. The Morgan fingerprint density at radius 1 is 0.538 bits per heavy atom. The number of aromatic nitrogens is 1. The zero-order chi connectivity index (χ0) is 18.2. The molecule has 0 atom stereocenters. The molecular formula is C25H13N. The Labute approximate surface area is 154 Å². The molecule has 118 valence electrons. The van der Waals surface area contributed by atoms with Crippen LogP contribution in [0.2, 0.25) is 0 Å². The minimum Gasteiger partial charge on any atom is -0.262 e. The lowest BCUT2D eigenvalue weighted by Crippen LogP contribution is -1.84. The molecule has 0 radical (unpaired) electrons. The summed E-state index contributed by atoms with van der Waals surface area (Å²) >= 11 is 0. The predicted octanol–water partition coefficient (Wildman–Crippen LogP) is 3.84. The number of benzene rings is 2. The van der Waals surface area contributed by atoms with Gasteiger partial charge in [0, 0.05) is 45.8 Å². The minimum absolute atomic E-state index is 0.792. The summed E-state index contributed by atoms with van der Waals surface area (Å²) in [5.41, 5.74) is 4.93. The highest BCUT2D eigenvalue weighted by Crippen LogP contribution is 2.06. The normalized spacial score (nSPS) is 8.85. The fourth-order valence-corrected chi connectivity index (χ4v) is 2.24. The van der Waals surface area contributed by atoms with Gasteiger partial charge in [-0.25, -0.2) is 0 Å². The molecule has 0 aliphatic heterocycles. The highest BCUT2D eigenvalue weighted by Gasteiger charge is 1.94. The first-order valence-electron chi connectivity index (χ1n) is 7.89. The second-order valence-electron chi connectivity index (χ2n) is 5.41. The maximum absolute atomic E-state index is 5.41. The zero-order valence-corrected chi connectivity index (χ0v) is 14.0. The average Bonchev–Trinajstić information content (AvgIpc) is 2.71. The van der Waals surface area contributed by atoms with Crippen molar-refractivity contribution in [3.8, 4) is 48.4 Å².